The summed E-state index contributed by atoms with van der Waals surface area (Å²) >= 11 is 0. The first-order valence-corrected chi connectivity index (χ1v) is 6.54. The molecule has 0 amide bonds. The van der Waals surface area contributed by atoms with E-state index in [0.29, 0.717) is 10.8 Å². The molecule has 2 rings (SSSR count). The van der Waals surface area contributed by atoms with Gasteiger partial charge in [-0.25, -0.2) is 0 Å². The predicted octanol–water partition coefficient (Wildman–Crippen LogP) is 5.05. The minimum absolute atomic E-state index is 0. The van der Waals surface area contributed by atoms with E-state index < -0.39 is 0 Å². The molecule has 2 aliphatic carbocycles. The third-order valence-corrected chi connectivity index (χ3v) is 5.62. The van der Waals surface area contributed by atoms with Crippen LogP contribution in [0.1, 0.15) is 61.7 Å². The van der Waals surface area contributed by atoms with Crippen LogP contribution < -0.4 is 0 Å². The second kappa shape index (κ2) is 3.37. The fourth-order valence-electron chi connectivity index (χ4n) is 4.27. The summed E-state index contributed by atoms with van der Waals surface area (Å²) in [5.74, 6) is 1.69. The Balaban J connectivity index is 0.00000128. The summed E-state index contributed by atoms with van der Waals surface area (Å²) in [5.41, 5.74) is 2.76. The normalized spacial score (nSPS) is 44.5. The molecule has 2 aliphatic rings. The van der Waals surface area contributed by atoms with Crippen LogP contribution in [-0.4, -0.2) is 0 Å². The zero-order chi connectivity index (χ0) is 11.3. The van der Waals surface area contributed by atoms with Gasteiger partial charge in [0.1, 0.15) is 0 Å². The van der Waals surface area contributed by atoms with Gasteiger partial charge in [0.2, 0.25) is 0 Å². The van der Waals surface area contributed by atoms with Crippen LogP contribution in [0, 0.1) is 22.7 Å². The van der Waals surface area contributed by atoms with Crippen molar-refractivity contribution < 1.29 is 1.43 Å². The van der Waals surface area contributed by atoms with E-state index in [1.807, 2.05) is 0 Å². The molecule has 0 unspecified atom stereocenters. The molecule has 88 valence electrons. The highest BCUT2D eigenvalue weighted by Gasteiger charge is 2.50. The van der Waals surface area contributed by atoms with Crippen molar-refractivity contribution in [1.82, 2.24) is 0 Å². The van der Waals surface area contributed by atoms with Gasteiger partial charge in [0, 0.05) is 1.43 Å². The second-order valence-electron chi connectivity index (χ2n) is 6.81. The fourth-order valence-corrected chi connectivity index (χ4v) is 4.27. The van der Waals surface area contributed by atoms with Crippen molar-refractivity contribution in [2.24, 2.45) is 22.7 Å². The van der Waals surface area contributed by atoms with Crippen LogP contribution in [0.25, 0.3) is 0 Å². The third kappa shape index (κ3) is 1.57. The molecule has 0 nitrogen and oxygen atoms in total. The monoisotopic (exact) mass is 208 g/mol. The van der Waals surface area contributed by atoms with Gasteiger partial charge >= 0.3 is 0 Å². The molecule has 15 heavy (non-hydrogen) atoms. The predicted molar refractivity (Wildman–Crippen MR) is 68.9 cm³/mol. The van der Waals surface area contributed by atoms with E-state index in [2.05, 4.69) is 40.7 Å². The summed E-state index contributed by atoms with van der Waals surface area (Å²) in [6, 6.07) is 0. The van der Waals surface area contributed by atoms with Crippen LogP contribution in [0.4, 0.5) is 0 Å². The smallest absolute Gasteiger partial charge is 0 e. The lowest BCUT2D eigenvalue weighted by Gasteiger charge is -2.56. The van der Waals surface area contributed by atoms with Crippen LogP contribution in [0.3, 0.4) is 0 Å². The third-order valence-electron chi connectivity index (χ3n) is 5.62. The number of hydrogen-bond acceptors (Lipinski definition) is 0. The van der Waals surface area contributed by atoms with Crippen LogP contribution in [0.5, 0.6) is 0 Å². The molecule has 1 saturated carbocycles. The molecule has 0 aliphatic heterocycles. The molecule has 3 atom stereocenters. The maximum Gasteiger partial charge on any atom is 0 e. The average molecular weight is 208 g/mol. The Morgan fingerprint density at radius 3 is 2.60 bits per heavy atom. The molecule has 0 aromatic rings. The van der Waals surface area contributed by atoms with E-state index in [1.165, 1.54) is 25.7 Å². The van der Waals surface area contributed by atoms with E-state index in [9.17, 15) is 0 Å². The van der Waals surface area contributed by atoms with Gasteiger partial charge in [-0.3, -0.25) is 0 Å². The van der Waals surface area contributed by atoms with Crippen molar-refractivity contribution in [3.8, 4) is 0 Å². The Morgan fingerprint density at radius 2 is 1.93 bits per heavy atom. The Hall–Kier alpha value is -0.260. The van der Waals surface area contributed by atoms with Gasteiger partial charge in [-0.15, -0.1) is 0 Å². The van der Waals surface area contributed by atoms with Crippen molar-refractivity contribution in [3.05, 3.63) is 11.6 Å². The molecule has 0 heteroatoms. The van der Waals surface area contributed by atoms with E-state index in [1.54, 1.807) is 5.57 Å². The van der Waals surface area contributed by atoms with Gasteiger partial charge in [-0.2, -0.15) is 0 Å². The molecular formula is C15H28. The summed E-state index contributed by atoms with van der Waals surface area (Å²) in [7, 11) is 0. The largest absolute Gasteiger partial charge is 0.0850 e. The van der Waals surface area contributed by atoms with Gasteiger partial charge < -0.3 is 0 Å². The zero-order valence-corrected chi connectivity index (χ0v) is 11.1. The van der Waals surface area contributed by atoms with E-state index in [0.717, 1.165) is 11.8 Å². The molecule has 0 bridgehead atoms. The van der Waals surface area contributed by atoms with Crippen molar-refractivity contribution in [1.29, 1.82) is 0 Å². The first kappa shape index (κ1) is 11.2. The minimum atomic E-state index is 0. The lowest BCUT2D eigenvalue weighted by molar-refractivity contribution is -0.0318. The highest BCUT2D eigenvalue weighted by atomic mass is 14.5. The molecular weight excluding hydrogens is 180 g/mol. The lowest BCUT2D eigenvalue weighted by atomic mass is 9.49. The molecule has 0 spiro atoms. The summed E-state index contributed by atoms with van der Waals surface area (Å²) in [6.45, 7) is 12.3. The Kier molecular flexibility index (Phi) is 2.52. The van der Waals surface area contributed by atoms with Crippen LogP contribution in [-0.2, 0) is 0 Å². The maximum absolute atomic E-state index is 2.54. The van der Waals surface area contributed by atoms with Crippen molar-refractivity contribution in [2.45, 2.75) is 60.3 Å². The lowest BCUT2D eigenvalue weighted by Crippen LogP contribution is -2.47. The standard InChI is InChI=1S/C15H26.H2/c1-11-7-8-13-14(3,4)9-6-10-15(13,5)12(11)2;/h7,12-13H,6,8-10H2,1-5H3;1H/t12-,13-,15+;/m0./s1. The Bertz CT molecular complexity index is 290. The number of allylic oxidation sites excluding steroid dienone is 2. The number of hydrogen-bond donors (Lipinski definition) is 0. The van der Waals surface area contributed by atoms with Crippen molar-refractivity contribution in [2.75, 3.05) is 0 Å². The van der Waals surface area contributed by atoms with Crippen molar-refractivity contribution in [3.63, 3.8) is 0 Å². The van der Waals surface area contributed by atoms with Gasteiger partial charge in [0.15, 0.2) is 0 Å². The minimum Gasteiger partial charge on any atom is -0.0850 e. The molecule has 0 radical (unpaired) electrons. The van der Waals surface area contributed by atoms with Crippen LogP contribution in [0.2, 0.25) is 0 Å². The molecule has 0 aromatic carbocycles. The van der Waals surface area contributed by atoms with E-state index in [-0.39, 0.29) is 1.43 Å². The summed E-state index contributed by atoms with van der Waals surface area (Å²) < 4.78 is 0. The fraction of sp³-hybridized carbons (Fsp3) is 0.867. The topological polar surface area (TPSA) is 0 Å². The first-order valence-electron chi connectivity index (χ1n) is 6.54. The van der Waals surface area contributed by atoms with E-state index >= 15 is 0 Å². The SMILES string of the molecule is CC1=CC[C@H]2C(C)(C)CCC[C@]2(C)[C@H]1C.[HH]. The maximum atomic E-state index is 2.54. The molecule has 0 heterocycles. The Labute approximate surface area is 96.6 Å². The van der Waals surface area contributed by atoms with Gasteiger partial charge in [0.25, 0.3) is 0 Å². The van der Waals surface area contributed by atoms with Crippen molar-refractivity contribution >= 4 is 0 Å². The number of rotatable bonds is 0. The Morgan fingerprint density at radius 1 is 1.27 bits per heavy atom. The number of fused-ring (bicyclic) bond motifs is 1. The quantitative estimate of drug-likeness (QED) is 0.489. The molecule has 0 N–H and O–H groups in total. The van der Waals surface area contributed by atoms with Crippen LogP contribution >= 0.6 is 0 Å². The average Bonchev–Trinajstić information content (AvgIpc) is 2.12. The molecule has 0 aromatic heterocycles. The molecule has 1 fully saturated rings. The van der Waals surface area contributed by atoms with Gasteiger partial charge in [-0.05, 0) is 48.9 Å². The molecule has 0 saturated heterocycles. The summed E-state index contributed by atoms with van der Waals surface area (Å²) in [5, 5.41) is 0. The van der Waals surface area contributed by atoms with E-state index in [4.69, 9.17) is 0 Å². The van der Waals surface area contributed by atoms with Gasteiger partial charge in [0.05, 0.1) is 0 Å². The second-order valence-corrected chi connectivity index (χ2v) is 6.81. The van der Waals surface area contributed by atoms with Crippen LogP contribution in [0.15, 0.2) is 11.6 Å². The highest BCUT2D eigenvalue weighted by Crippen LogP contribution is 2.59. The zero-order valence-electron chi connectivity index (χ0n) is 11.1. The first-order chi connectivity index (χ1) is 6.88. The summed E-state index contributed by atoms with van der Waals surface area (Å²) in [6.07, 6.45) is 8.11. The van der Waals surface area contributed by atoms with Gasteiger partial charge in [-0.1, -0.05) is 45.8 Å². The highest BCUT2D eigenvalue weighted by molar-refractivity contribution is 5.16. The summed E-state index contributed by atoms with van der Waals surface area (Å²) in [4.78, 5) is 0.